The molecule has 0 spiro atoms. The lowest BCUT2D eigenvalue weighted by atomic mass is 9.76. The number of carbonyl (C=O) groups is 1. The molecular weight excluding hydrogens is 390 g/mol. The van der Waals surface area contributed by atoms with E-state index in [1.807, 2.05) is 0 Å². The molecular formula is C22H22BrNO2. The molecule has 0 aromatic heterocycles. The van der Waals surface area contributed by atoms with Gasteiger partial charge in [-0.15, -0.1) is 0 Å². The number of halogens is 1. The van der Waals surface area contributed by atoms with Crippen LogP contribution in [0.2, 0.25) is 0 Å². The van der Waals surface area contributed by atoms with Gasteiger partial charge in [0.1, 0.15) is 0 Å². The van der Waals surface area contributed by atoms with E-state index in [4.69, 9.17) is 0 Å². The summed E-state index contributed by atoms with van der Waals surface area (Å²) in [6.45, 7) is 4.38. The first-order valence-electron chi connectivity index (χ1n) is 9.05. The summed E-state index contributed by atoms with van der Waals surface area (Å²) in [4.78, 5) is 11.8. The third-order valence-corrected chi connectivity index (χ3v) is 6.08. The highest BCUT2D eigenvalue weighted by atomic mass is 79.9. The molecule has 3 atom stereocenters. The molecule has 1 aliphatic heterocycles. The van der Waals surface area contributed by atoms with Crippen LogP contribution in [0.1, 0.15) is 65.2 Å². The van der Waals surface area contributed by atoms with Crippen molar-refractivity contribution >= 4 is 27.6 Å². The fourth-order valence-corrected chi connectivity index (χ4v) is 4.73. The second-order valence-corrected chi connectivity index (χ2v) is 8.44. The Kier molecular flexibility index (Phi) is 4.39. The van der Waals surface area contributed by atoms with Crippen LogP contribution in [0.3, 0.4) is 0 Å². The lowest BCUT2D eigenvalue weighted by Crippen LogP contribution is -2.30. The van der Waals surface area contributed by atoms with Crippen LogP contribution in [-0.2, 0) is 0 Å². The minimum absolute atomic E-state index is 0.114. The van der Waals surface area contributed by atoms with Crippen molar-refractivity contribution in [2.45, 2.75) is 38.1 Å². The molecule has 0 amide bonds. The van der Waals surface area contributed by atoms with E-state index >= 15 is 0 Å². The molecule has 3 nitrogen and oxygen atoms in total. The number of carboxylic acids is 1. The second-order valence-electron chi connectivity index (χ2n) is 7.52. The number of carboxylic acid groups (broad SMARTS) is 1. The summed E-state index contributed by atoms with van der Waals surface area (Å²) in [7, 11) is 0. The van der Waals surface area contributed by atoms with Crippen LogP contribution in [-0.4, -0.2) is 11.1 Å². The molecule has 2 N–H and O–H groups in total. The van der Waals surface area contributed by atoms with Crippen LogP contribution in [0, 0.1) is 5.92 Å². The van der Waals surface area contributed by atoms with Gasteiger partial charge in [0.05, 0.1) is 17.3 Å². The molecule has 1 aliphatic carbocycles. The number of fused-ring (bicyclic) bond motifs is 3. The van der Waals surface area contributed by atoms with E-state index in [1.54, 1.807) is 6.07 Å². The Labute approximate surface area is 162 Å². The Morgan fingerprint density at radius 1 is 1.23 bits per heavy atom. The zero-order valence-corrected chi connectivity index (χ0v) is 16.5. The topological polar surface area (TPSA) is 49.3 Å². The van der Waals surface area contributed by atoms with Crippen LogP contribution in [0.25, 0.3) is 0 Å². The molecule has 0 fully saturated rings. The minimum atomic E-state index is -0.899. The monoisotopic (exact) mass is 411 g/mol. The van der Waals surface area contributed by atoms with Gasteiger partial charge in [0.15, 0.2) is 0 Å². The zero-order chi connectivity index (χ0) is 18.4. The van der Waals surface area contributed by atoms with Crippen LogP contribution >= 0.6 is 15.9 Å². The number of rotatable bonds is 3. The smallest absolute Gasteiger partial charge is 0.337 e. The van der Waals surface area contributed by atoms with Gasteiger partial charge in [0, 0.05) is 10.4 Å². The van der Waals surface area contributed by atoms with Crippen molar-refractivity contribution in [1.82, 2.24) is 0 Å². The zero-order valence-electron chi connectivity index (χ0n) is 14.9. The fourth-order valence-electron chi connectivity index (χ4n) is 4.25. The lowest BCUT2D eigenvalue weighted by molar-refractivity contribution is 0.0697. The summed E-state index contributed by atoms with van der Waals surface area (Å²) in [5.74, 6) is 0.255. The van der Waals surface area contributed by atoms with Crippen molar-refractivity contribution in [3.05, 3.63) is 75.3 Å². The first-order chi connectivity index (χ1) is 12.5. The standard InChI is InChI=1S/C22H22BrNO2/c1-12(2)13-6-8-14(9-7-13)20-17-5-3-4-16(17)18-10-15(23)11-19(22(25)26)21(18)24-20/h3-4,6-12,16-17,20,24H,5H2,1-2H3,(H,25,26)/t16-,17+,20+/m1/s1. The number of hydrogen-bond acceptors (Lipinski definition) is 2. The van der Waals surface area contributed by atoms with Crippen molar-refractivity contribution in [2.75, 3.05) is 5.32 Å². The highest BCUT2D eigenvalue weighted by Gasteiger charge is 2.39. The van der Waals surface area contributed by atoms with Crippen molar-refractivity contribution in [2.24, 2.45) is 5.92 Å². The minimum Gasteiger partial charge on any atom is -0.478 e. The molecule has 4 rings (SSSR count). The molecule has 2 aromatic rings. The van der Waals surface area contributed by atoms with E-state index in [9.17, 15) is 9.90 Å². The highest BCUT2D eigenvalue weighted by Crippen LogP contribution is 2.51. The van der Waals surface area contributed by atoms with Crippen LogP contribution in [0.15, 0.2) is 53.0 Å². The first-order valence-corrected chi connectivity index (χ1v) is 9.85. The molecule has 0 unspecified atom stereocenters. The average molecular weight is 412 g/mol. The Bertz CT molecular complexity index is 886. The highest BCUT2D eigenvalue weighted by molar-refractivity contribution is 9.10. The van der Waals surface area contributed by atoms with Gasteiger partial charge in [-0.05, 0) is 47.1 Å². The number of hydrogen-bond donors (Lipinski definition) is 2. The maximum atomic E-state index is 11.8. The average Bonchev–Trinajstić information content (AvgIpc) is 3.10. The molecule has 26 heavy (non-hydrogen) atoms. The van der Waals surface area contributed by atoms with E-state index in [-0.39, 0.29) is 12.0 Å². The molecule has 134 valence electrons. The molecule has 0 radical (unpaired) electrons. The van der Waals surface area contributed by atoms with Gasteiger partial charge >= 0.3 is 5.97 Å². The van der Waals surface area contributed by atoms with E-state index in [0.29, 0.717) is 17.4 Å². The molecule has 2 aliphatic rings. The maximum absolute atomic E-state index is 11.8. The summed E-state index contributed by atoms with van der Waals surface area (Å²) in [6, 6.07) is 12.6. The normalized spacial score (nSPS) is 23.5. The predicted molar refractivity (Wildman–Crippen MR) is 108 cm³/mol. The Morgan fingerprint density at radius 3 is 2.62 bits per heavy atom. The van der Waals surface area contributed by atoms with E-state index in [2.05, 4.69) is 77.6 Å². The third kappa shape index (κ3) is 2.86. The van der Waals surface area contributed by atoms with E-state index in [0.717, 1.165) is 22.1 Å². The Balaban J connectivity index is 1.79. The molecule has 0 bridgehead atoms. The van der Waals surface area contributed by atoms with Gasteiger partial charge in [-0.25, -0.2) is 4.79 Å². The van der Waals surface area contributed by atoms with E-state index in [1.165, 1.54) is 11.1 Å². The van der Waals surface area contributed by atoms with Crippen LogP contribution in [0.4, 0.5) is 5.69 Å². The van der Waals surface area contributed by atoms with Gasteiger partial charge < -0.3 is 10.4 Å². The Hall–Kier alpha value is -2.07. The third-order valence-electron chi connectivity index (χ3n) is 5.63. The fraction of sp³-hybridized carbons (Fsp3) is 0.318. The van der Waals surface area contributed by atoms with Gasteiger partial charge in [0.25, 0.3) is 0 Å². The summed E-state index contributed by atoms with van der Waals surface area (Å²) in [5.41, 5.74) is 4.70. The molecule has 0 saturated heterocycles. The SMILES string of the molecule is CC(C)c1ccc([C@@H]2Nc3c(C(=O)O)cc(Br)cc3[C@@H]3C=CC[C@@H]32)cc1. The predicted octanol–water partition coefficient (Wildman–Crippen LogP) is 6.10. The lowest BCUT2D eigenvalue weighted by Gasteiger charge is -2.38. The van der Waals surface area contributed by atoms with E-state index < -0.39 is 5.97 Å². The first kappa shape index (κ1) is 17.3. The van der Waals surface area contributed by atoms with Gasteiger partial charge in [-0.1, -0.05) is 66.2 Å². The largest absolute Gasteiger partial charge is 0.478 e. The molecule has 1 heterocycles. The van der Waals surface area contributed by atoms with Gasteiger partial charge in [-0.2, -0.15) is 0 Å². The summed E-state index contributed by atoms with van der Waals surface area (Å²) in [5, 5.41) is 13.3. The summed E-state index contributed by atoms with van der Waals surface area (Å²) < 4.78 is 0.814. The number of anilines is 1. The molecule has 2 aromatic carbocycles. The van der Waals surface area contributed by atoms with Crippen molar-refractivity contribution in [3.8, 4) is 0 Å². The van der Waals surface area contributed by atoms with Crippen molar-refractivity contribution in [3.63, 3.8) is 0 Å². The molecule has 4 heteroatoms. The van der Waals surface area contributed by atoms with Crippen LogP contribution in [0.5, 0.6) is 0 Å². The molecule has 0 saturated carbocycles. The number of nitrogens with one attached hydrogen (secondary N) is 1. The number of benzene rings is 2. The summed E-state index contributed by atoms with van der Waals surface area (Å²) >= 11 is 3.47. The second kappa shape index (κ2) is 6.58. The van der Waals surface area contributed by atoms with Crippen molar-refractivity contribution < 1.29 is 9.90 Å². The maximum Gasteiger partial charge on any atom is 0.337 e. The number of aromatic carboxylic acids is 1. The van der Waals surface area contributed by atoms with Crippen LogP contribution < -0.4 is 5.32 Å². The summed E-state index contributed by atoms with van der Waals surface area (Å²) in [6.07, 6.45) is 5.46. The van der Waals surface area contributed by atoms with Crippen molar-refractivity contribution in [1.29, 1.82) is 0 Å². The Morgan fingerprint density at radius 2 is 1.96 bits per heavy atom. The quantitative estimate of drug-likeness (QED) is 0.599. The van der Waals surface area contributed by atoms with Gasteiger partial charge in [0.2, 0.25) is 0 Å². The number of allylic oxidation sites excluding steroid dienone is 2. The van der Waals surface area contributed by atoms with Gasteiger partial charge in [-0.3, -0.25) is 0 Å².